The van der Waals surface area contributed by atoms with E-state index in [1.54, 1.807) is 13.8 Å². The number of hydrogen-bond donors (Lipinski definition) is 2. The van der Waals surface area contributed by atoms with Crippen LogP contribution in [0.2, 0.25) is 0 Å². The second-order valence-corrected chi connectivity index (χ2v) is 8.78. The van der Waals surface area contributed by atoms with E-state index in [0.717, 1.165) is 12.8 Å². The van der Waals surface area contributed by atoms with Gasteiger partial charge in [-0.3, -0.25) is 0 Å². The van der Waals surface area contributed by atoms with Crippen LogP contribution in [0.3, 0.4) is 0 Å². The van der Waals surface area contributed by atoms with Gasteiger partial charge in [0.05, 0.1) is 0 Å². The zero-order valence-electron chi connectivity index (χ0n) is 20.7. The lowest BCUT2D eigenvalue weighted by atomic mass is 9.82. The summed E-state index contributed by atoms with van der Waals surface area (Å²) in [5.41, 5.74) is 0.507. The molecule has 0 aliphatic heterocycles. The van der Waals surface area contributed by atoms with Crippen molar-refractivity contribution >= 4 is 18.0 Å². The number of carbonyl (C=O) groups excluding carboxylic acids is 3. The van der Waals surface area contributed by atoms with Crippen molar-refractivity contribution in [1.29, 1.82) is 0 Å². The van der Waals surface area contributed by atoms with Crippen LogP contribution in [0, 0.1) is 11.3 Å². The molecule has 9 nitrogen and oxygen atoms in total. The number of ether oxygens (including phenoxy) is 4. The Morgan fingerprint density at radius 1 is 0.818 bits per heavy atom. The molecule has 188 valence electrons. The normalized spacial score (nSPS) is 11.5. The Morgan fingerprint density at radius 3 is 1.82 bits per heavy atom. The fourth-order valence-electron chi connectivity index (χ4n) is 2.80. The zero-order chi connectivity index (χ0) is 25.4. The molecule has 0 fully saturated rings. The summed E-state index contributed by atoms with van der Waals surface area (Å²) < 4.78 is 20.2. The first-order valence-corrected chi connectivity index (χ1v) is 11.0. The van der Waals surface area contributed by atoms with Crippen molar-refractivity contribution in [2.45, 2.75) is 47.5 Å². The Kier molecular flexibility index (Phi) is 14.4. The summed E-state index contributed by atoms with van der Waals surface area (Å²) in [6.45, 7) is 21.6. The van der Waals surface area contributed by atoms with Gasteiger partial charge >= 0.3 is 18.0 Å². The van der Waals surface area contributed by atoms with Gasteiger partial charge in [-0.1, -0.05) is 33.9 Å². The van der Waals surface area contributed by atoms with Crippen LogP contribution in [-0.2, 0) is 28.5 Å². The smallest absolute Gasteiger partial charge is 0.407 e. The van der Waals surface area contributed by atoms with E-state index in [1.165, 1.54) is 0 Å². The lowest BCUT2D eigenvalue weighted by Crippen LogP contribution is -2.36. The van der Waals surface area contributed by atoms with Crippen LogP contribution in [0.25, 0.3) is 0 Å². The molecule has 0 aromatic rings. The number of carbonyl (C=O) groups is 3. The molecule has 0 spiro atoms. The highest BCUT2D eigenvalue weighted by Crippen LogP contribution is 2.26. The monoisotopic (exact) mass is 468 g/mol. The Morgan fingerprint density at radius 2 is 1.30 bits per heavy atom. The van der Waals surface area contributed by atoms with Crippen molar-refractivity contribution in [2.75, 3.05) is 39.5 Å². The first-order chi connectivity index (χ1) is 15.3. The molecular formula is C24H40N2O7. The Bertz CT molecular complexity index is 701. The molecule has 33 heavy (non-hydrogen) atoms. The molecule has 0 aliphatic rings. The van der Waals surface area contributed by atoms with Crippen molar-refractivity contribution in [1.82, 2.24) is 10.6 Å². The highest BCUT2D eigenvalue weighted by molar-refractivity contribution is 5.87. The fraction of sp³-hybridized carbons (Fsp3) is 0.625. The molecule has 2 N–H and O–H groups in total. The van der Waals surface area contributed by atoms with Crippen LogP contribution in [0.1, 0.15) is 47.5 Å². The van der Waals surface area contributed by atoms with E-state index in [9.17, 15) is 14.4 Å². The molecule has 0 bridgehead atoms. The van der Waals surface area contributed by atoms with E-state index < -0.39 is 18.0 Å². The van der Waals surface area contributed by atoms with Crippen LogP contribution >= 0.6 is 0 Å². The average Bonchev–Trinajstić information content (AvgIpc) is 2.71. The van der Waals surface area contributed by atoms with Crippen LogP contribution in [0.4, 0.5) is 4.79 Å². The lowest BCUT2D eigenvalue weighted by Gasteiger charge is -2.28. The molecule has 0 saturated carbocycles. The van der Waals surface area contributed by atoms with Gasteiger partial charge in [-0.05, 0) is 44.6 Å². The molecule has 1 amide bonds. The van der Waals surface area contributed by atoms with Gasteiger partial charge in [0.15, 0.2) is 5.88 Å². The van der Waals surface area contributed by atoms with Gasteiger partial charge in [0, 0.05) is 24.2 Å². The summed E-state index contributed by atoms with van der Waals surface area (Å²) in [5.74, 6) is -0.148. The van der Waals surface area contributed by atoms with Gasteiger partial charge in [-0.2, -0.15) is 0 Å². The van der Waals surface area contributed by atoms with Crippen molar-refractivity contribution in [3.8, 4) is 0 Å². The van der Waals surface area contributed by atoms with Gasteiger partial charge in [0.25, 0.3) is 0 Å². The van der Waals surface area contributed by atoms with E-state index in [1.807, 2.05) is 0 Å². The summed E-state index contributed by atoms with van der Waals surface area (Å²) in [7, 11) is 0. The quantitative estimate of drug-likeness (QED) is 0.110. The lowest BCUT2D eigenvalue weighted by molar-refractivity contribution is -0.140. The van der Waals surface area contributed by atoms with Crippen LogP contribution in [0.15, 0.2) is 36.8 Å². The molecular weight excluding hydrogens is 428 g/mol. The first-order valence-electron chi connectivity index (χ1n) is 11.0. The number of rotatable bonds is 17. The maximum Gasteiger partial charge on any atom is 0.407 e. The van der Waals surface area contributed by atoms with Crippen molar-refractivity contribution < 1.29 is 33.3 Å². The van der Waals surface area contributed by atoms with E-state index in [-0.39, 0.29) is 31.8 Å². The third-order valence-electron chi connectivity index (χ3n) is 4.41. The highest BCUT2D eigenvalue weighted by atomic mass is 16.6. The van der Waals surface area contributed by atoms with Crippen LogP contribution < -0.4 is 10.6 Å². The highest BCUT2D eigenvalue weighted by Gasteiger charge is 2.22. The van der Waals surface area contributed by atoms with Gasteiger partial charge in [-0.25, -0.2) is 14.4 Å². The first kappa shape index (κ1) is 30.0. The topological polar surface area (TPSA) is 112 Å². The Hall–Kier alpha value is -2.97. The molecule has 0 aliphatic carbocycles. The number of alkyl carbamates (subject to hydrolysis) is 1. The van der Waals surface area contributed by atoms with E-state index in [0.29, 0.717) is 36.0 Å². The molecule has 1 unspecified atom stereocenters. The molecule has 9 heteroatoms. The average molecular weight is 469 g/mol. The maximum absolute atomic E-state index is 11.8. The molecule has 0 aromatic carbocycles. The molecule has 0 saturated heterocycles. The largest absolute Gasteiger partial charge is 0.476 e. The molecule has 1 atom stereocenters. The van der Waals surface area contributed by atoms with E-state index >= 15 is 0 Å². The predicted molar refractivity (Wildman–Crippen MR) is 126 cm³/mol. The van der Waals surface area contributed by atoms with Crippen molar-refractivity contribution in [3.63, 3.8) is 0 Å². The molecule has 0 heterocycles. The summed E-state index contributed by atoms with van der Waals surface area (Å²) >= 11 is 0. The zero-order valence-corrected chi connectivity index (χ0v) is 20.7. The van der Waals surface area contributed by atoms with Gasteiger partial charge in [-0.15, -0.1) is 0 Å². The SMILES string of the molecule is C=C(NCCC(C)CC(C)(C)CNC(=O)OCCOC(=O)C(=C)C)OCCOC(=O)C(=C)C. The standard InChI is InChI=1S/C24H40N2O7/c1-17(2)21(27)31-12-11-30-20(6)25-10-9-19(5)15-24(7,8)16-26-23(29)33-14-13-32-22(28)18(3)4/h19,25H,1,3,6,9-16H2,2,4-5,7-8H3,(H,26,29). The number of esters is 2. The number of amides is 1. The minimum absolute atomic E-state index is 0.0127. The van der Waals surface area contributed by atoms with Crippen molar-refractivity contribution in [2.24, 2.45) is 11.3 Å². The fourth-order valence-corrected chi connectivity index (χ4v) is 2.80. The second kappa shape index (κ2) is 15.8. The third-order valence-corrected chi connectivity index (χ3v) is 4.41. The van der Waals surface area contributed by atoms with Crippen LogP contribution in [-0.4, -0.2) is 57.5 Å². The summed E-state index contributed by atoms with van der Waals surface area (Å²) in [6.07, 6.45) is 1.22. The molecule has 0 radical (unpaired) electrons. The van der Waals surface area contributed by atoms with E-state index in [2.05, 4.69) is 51.1 Å². The molecule has 0 aromatic heterocycles. The predicted octanol–water partition coefficient (Wildman–Crippen LogP) is 3.47. The van der Waals surface area contributed by atoms with Gasteiger partial charge in [0.2, 0.25) is 0 Å². The third kappa shape index (κ3) is 16.3. The Balaban J connectivity index is 3.96. The van der Waals surface area contributed by atoms with Crippen molar-refractivity contribution in [3.05, 3.63) is 36.8 Å². The summed E-state index contributed by atoms with van der Waals surface area (Å²) in [4.78, 5) is 34.3. The minimum atomic E-state index is -0.550. The summed E-state index contributed by atoms with van der Waals surface area (Å²) in [6, 6.07) is 0. The number of nitrogens with one attached hydrogen (secondary N) is 2. The minimum Gasteiger partial charge on any atom is -0.476 e. The van der Waals surface area contributed by atoms with Gasteiger partial charge < -0.3 is 29.6 Å². The Labute approximate surface area is 197 Å². The van der Waals surface area contributed by atoms with Gasteiger partial charge in [0.1, 0.15) is 26.4 Å². The molecule has 0 rings (SSSR count). The maximum atomic E-state index is 11.8. The second-order valence-electron chi connectivity index (χ2n) is 8.78. The summed E-state index contributed by atoms with van der Waals surface area (Å²) in [5, 5.41) is 5.85. The van der Waals surface area contributed by atoms with Crippen LogP contribution in [0.5, 0.6) is 0 Å². The number of hydrogen-bond acceptors (Lipinski definition) is 8. The van der Waals surface area contributed by atoms with E-state index in [4.69, 9.17) is 18.9 Å².